The van der Waals surface area contributed by atoms with Gasteiger partial charge in [0.2, 0.25) is 15.9 Å². The lowest BCUT2D eigenvalue weighted by atomic mass is 9.49. The number of nitrogens with one attached hydrogen (secondary N) is 4. The maximum atomic E-state index is 12.9. The summed E-state index contributed by atoms with van der Waals surface area (Å²) >= 11 is 6.07. The van der Waals surface area contributed by atoms with Crippen LogP contribution in [0.25, 0.3) is 0 Å². The van der Waals surface area contributed by atoms with Gasteiger partial charge in [-0.05, 0) is 49.3 Å². The van der Waals surface area contributed by atoms with E-state index in [1.54, 1.807) is 6.07 Å². The summed E-state index contributed by atoms with van der Waals surface area (Å²) in [6, 6.07) is 4.75. The number of hydrogen-bond donors (Lipinski definition) is 4. The number of benzene rings is 1. The fraction of sp³-hybridized carbons (Fsp3) is 0.450. The average molecular weight is 466 g/mol. The zero-order valence-corrected chi connectivity index (χ0v) is 18.7. The van der Waals surface area contributed by atoms with Gasteiger partial charge in [-0.15, -0.1) is 0 Å². The van der Waals surface area contributed by atoms with E-state index >= 15 is 0 Å². The molecule has 1 aromatic carbocycles. The van der Waals surface area contributed by atoms with Crippen molar-refractivity contribution in [2.75, 3.05) is 16.3 Å². The number of halogens is 1. The van der Waals surface area contributed by atoms with E-state index in [2.05, 4.69) is 25.6 Å². The molecule has 2 saturated carbocycles. The summed E-state index contributed by atoms with van der Waals surface area (Å²) in [7, 11) is -3.47. The van der Waals surface area contributed by atoms with Gasteiger partial charge in [-0.3, -0.25) is 19.4 Å². The van der Waals surface area contributed by atoms with E-state index in [0.29, 0.717) is 11.3 Å². The lowest BCUT2D eigenvalue weighted by Gasteiger charge is -2.57. The Morgan fingerprint density at radius 3 is 2.48 bits per heavy atom. The standard InChI is InChI=1S/C20H24ClN5O4S/c1-11(27)23-16-8-20(9-16)6-12(7-20)18-17(10-22-25-18)19(28)24-14-3-13(21)4-15(5-14)26-31(2,29)30/h3-5,10,12,16,26H,6-9H2,1-2H3,(H,22,25)(H,23,27)(H,24,28). The van der Waals surface area contributed by atoms with E-state index in [-0.39, 0.29) is 39.9 Å². The summed E-state index contributed by atoms with van der Waals surface area (Å²) in [4.78, 5) is 24.1. The molecule has 2 aliphatic carbocycles. The van der Waals surface area contributed by atoms with Crippen molar-refractivity contribution in [1.29, 1.82) is 0 Å². The number of aromatic nitrogens is 2. The first-order chi connectivity index (χ1) is 14.5. The lowest BCUT2D eigenvalue weighted by molar-refractivity contribution is -0.122. The molecule has 1 aromatic heterocycles. The van der Waals surface area contributed by atoms with Crippen LogP contribution in [0.3, 0.4) is 0 Å². The monoisotopic (exact) mass is 465 g/mol. The third-order valence-electron chi connectivity index (χ3n) is 5.91. The normalized spacial score (nSPS) is 24.7. The average Bonchev–Trinajstić information content (AvgIpc) is 3.02. The summed E-state index contributed by atoms with van der Waals surface area (Å²) in [5, 5.41) is 13.0. The topological polar surface area (TPSA) is 133 Å². The number of nitrogens with zero attached hydrogens (tertiary/aromatic N) is 1. The van der Waals surface area contributed by atoms with Crippen LogP contribution in [0, 0.1) is 5.41 Å². The van der Waals surface area contributed by atoms with E-state index < -0.39 is 10.0 Å². The minimum atomic E-state index is -3.47. The van der Waals surface area contributed by atoms with Gasteiger partial charge in [0, 0.05) is 29.6 Å². The Labute approximate surface area is 185 Å². The number of H-pyrrole nitrogens is 1. The van der Waals surface area contributed by atoms with E-state index in [4.69, 9.17) is 11.6 Å². The van der Waals surface area contributed by atoms with Gasteiger partial charge in [0.1, 0.15) is 0 Å². The van der Waals surface area contributed by atoms with E-state index in [0.717, 1.165) is 37.6 Å². The molecule has 166 valence electrons. The molecule has 0 bridgehead atoms. The quantitative estimate of drug-likeness (QED) is 0.520. The second kappa shape index (κ2) is 7.83. The number of carbonyl (C=O) groups excluding carboxylic acids is 2. The van der Waals surface area contributed by atoms with Crippen molar-refractivity contribution in [3.8, 4) is 0 Å². The zero-order chi connectivity index (χ0) is 22.4. The summed E-state index contributed by atoms with van der Waals surface area (Å²) in [5.41, 5.74) is 2.13. The van der Waals surface area contributed by atoms with Gasteiger partial charge in [-0.2, -0.15) is 5.10 Å². The predicted octanol–water partition coefficient (Wildman–Crippen LogP) is 2.85. The summed E-state index contributed by atoms with van der Waals surface area (Å²) in [5.74, 6) is -0.135. The molecule has 2 aliphatic rings. The molecule has 9 nitrogen and oxygen atoms in total. The van der Waals surface area contributed by atoms with Crippen molar-refractivity contribution in [2.24, 2.45) is 5.41 Å². The Morgan fingerprint density at radius 2 is 1.84 bits per heavy atom. The Hall–Kier alpha value is -2.59. The molecule has 0 aliphatic heterocycles. The number of anilines is 2. The third kappa shape index (κ3) is 4.85. The number of aromatic amines is 1. The van der Waals surface area contributed by atoms with Gasteiger partial charge >= 0.3 is 0 Å². The van der Waals surface area contributed by atoms with Gasteiger partial charge in [-0.25, -0.2) is 8.42 Å². The van der Waals surface area contributed by atoms with Gasteiger partial charge in [0.05, 0.1) is 29.4 Å². The molecule has 4 N–H and O–H groups in total. The zero-order valence-electron chi connectivity index (χ0n) is 17.2. The van der Waals surface area contributed by atoms with E-state index in [1.165, 1.54) is 25.3 Å². The molecule has 11 heteroatoms. The minimum Gasteiger partial charge on any atom is -0.354 e. The second-order valence-corrected chi connectivity index (χ2v) is 10.9. The van der Waals surface area contributed by atoms with Gasteiger partial charge < -0.3 is 10.6 Å². The van der Waals surface area contributed by atoms with Crippen LogP contribution in [0.2, 0.25) is 5.02 Å². The van der Waals surface area contributed by atoms with Crippen LogP contribution in [0.5, 0.6) is 0 Å². The Balaban J connectivity index is 1.41. The smallest absolute Gasteiger partial charge is 0.259 e. The summed E-state index contributed by atoms with van der Waals surface area (Å²) in [6.07, 6.45) is 6.37. The Morgan fingerprint density at radius 1 is 1.16 bits per heavy atom. The van der Waals surface area contributed by atoms with Crippen molar-refractivity contribution in [1.82, 2.24) is 15.5 Å². The van der Waals surface area contributed by atoms with Crippen molar-refractivity contribution < 1.29 is 18.0 Å². The predicted molar refractivity (Wildman–Crippen MR) is 118 cm³/mol. The molecule has 4 rings (SSSR count). The van der Waals surface area contributed by atoms with Gasteiger partial charge in [0.25, 0.3) is 5.91 Å². The SMILES string of the molecule is CC(=O)NC1CC2(C1)CC(c1[nH]ncc1C(=O)Nc1cc(Cl)cc(NS(C)(=O)=O)c1)C2. The Kier molecular flexibility index (Phi) is 5.47. The van der Waals surface area contributed by atoms with Crippen LogP contribution in [0.4, 0.5) is 11.4 Å². The molecule has 2 fully saturated rings. The van der Waals surface area contributed by atoms with Crippen molar-refractivity contribution in [3.63, 3.8) is 0 Å². The first-order valence-electron chi connectivity index (χ1n) is 9.92. The van der Waals surface area contributed by atoms with Crippen LogP contribution >= 0.6 is 11.6 Å². The van der Waals surface area contributed by atoms with Crippen molar-refractivity contribution >= 4 is 44.8 Å². The molecule has 0 atom stereocenters. The van der Waals surface area contributed by atoms with E-state index in [9.17, 15) is 18.0 Å². The molecule has 1 heterocycles. The molecule has 31 heavy (non-hydrogen) atoms. The second-order valence-electron chi connectivity index (χ2n) is 8.67. The molecule has 2 amide bonds. The van der Waals surface area contributed by atoms with Crippen LogP contribution < -0.4 is 15.4 Å². The first kappa shape index (κ1) is 21.6. The van der Waals surface area contributed by atoms with Gasteiger partial charge in [-0.1, -0.05) is 11.6 Å². The number of amides is 2. The highest BCUT2D eigenvalue weighted by atomic mass is 35.5. The van der Waals surface area contributed by atoms with Crippen LogP contribution in [-0.4, -0.2) is 42.7 Å². The highest BCUT2D eigenvalue weighted by Gasteiger charge is 2.54. The van der Waals surface area contributed by atoms with Gasteiger partial charge in [0.15, 0.2) is 0 Å². The molecular formula is C20H24ClN5O4S. The lowest BCUT2D eigenvalue weighted by Crippen LogP contribution is -2.55. The number of hydrogen-bond acceptors (Lipinski definition) is 5. The molecule has 0 unspecified atom stereocenters. The van der Waals surface area contributed by atoms with Crippen molar-refractivity contribution in [2.45, 2.75) is 44.6 Å². The fourth-order valence-corrected chi connectivity index (χ4v) is 5.60. The molecule has 0 radical (unpaired) electrons. The largest absolute Gasteiger partial charge is 0.354 e. The van der Waals surface area contributed by atoms with Crippen LogP contribution in [0.15, 0.2) is 24.4 Å². The minimum absolute atomic E-state index is 0.000780. The van der Waals surface area contributed by atoms with Crippen LogP contribution in [-0.2, 0) is 14.8 Å². The highest BCUT2D eigenvalue weighted by Crippen LogP contribution is 2.61. The molecular weight excluding hydrogens is 442 g/mol. The maximum Gasteiger partial charge on any atom is 0.259 e. The highest BCUT2D eigenvalue weighted by molar-refractivity contribution is 7.92. The first-order valence-corrected chi connectivity index (χ1v) is 12.2. The maximum absolute atomic E-state index is 12.9. The fourth-order valence-electron chi connectivity index (χ4n) is 4.82. The van der Waals surface area contributed by atoms with Crippen LogP contribution in [0.1, 0.15) is 54.6 Å². The summed E-state index contributed by atoms with van der Waals surface area (Å²) in [6.45, 7) is 1.53. The Bertz CT molecular complexity index is 1130. The number of rotatable bonds is 6. The third-order valence-corrected chi connectivity index (χ3v) is 6.73. The number of carbonyl (C=O) groups is 2. The van der Waals surface area contributed by atoms with E-state index in [1.807, 2.05) is 0 Å². The summed E-state index contributed by atoms with van der Waals surface area (Å²) < 4.78 is 25.3. The molecule has 2 aromatic rings. The number of sulfonamides is 1. The van der Waals surface area contributed by atoms with Crippen molar-refractivity contribution in [3.05, 3.63) is 40.7 Å². The molecule has 1 spiro atoms. The molecule has 0 saturated heterocycles.